The van der Waals surface area contributed by atoms with Gasteiger partial charge in [0, 0.05) is 12.6 Å². The largest absolute Gasteiger partial charge is 0.350 e. The number of carbonyl (C=O) groups excluding carboxylic acids is 3. The van der Waals surface area contributed by atoms with Gasteiger partial charge in [-0.05, 0) is 38.2 Å². The van der Waals surface area contributed by atoms with Crippen LogP contribution in [0.1, 0.15) is 38.2 Å². The highest BCUT2D eigenvalue weighted by Crippen LogP contribution is 2.32. The van der Waals surface area contributed by atoms with Gasteiger partial charge in [-0.3, -0.25) is 14.4 Å². The Morgan fingerprint density at radius 1 is 1.19 bits per heavy atom. The predicted molar refractivity (Wildman–Crippen MR) is 96.8 cm³/mol. The maximum atomic E-state index is 12.8. The molecular formula is C19H26N4O3. The molecule has 7 heteroatoms. The van der Waals surface area contributed by atoms with Gasteiger partial charge in [0.2, 0.25) is 17.7 Å². The van der Waals surface area contributed by atoms with Gasteiger partial charge < -0.3 is 21.3 Å². The highest BCUT2D eigenvalue weighted by molar-refractivity contribution is 5.94. The van der Waals surface area contributed by atoms with Crippen molar-refractivity contribution in [2.75, 3.05) is 0 Å². The fourth-order valence-electron chi connectivity index (χ4n) is 3.76. The smallest absolute Gasteiger partial charge is 0.246 e. The van der Waals surface area contributed by atoms with Crippen LogP contribution in [0.5, 0.6) is 0 Å². The zero-order chi connectivity index (χ0) is 18.7. The van der Waals surface area contributed by atoms with E-state index in [0.717, 1.165) is 18.4 Å². The lowest BCUT2D eigenvalue weighted by Crippen LogP contribution is -2.59. The summed E-state index contributed by atoms with van der Waals surface area (Å²) in [6, 6.07) is 8.03. The van der Waals surface area contributed by atoms with Gasteiger partial charge in [0.15, 0.2) is 0 Å². The standard InChI is InChI=1S/C19H26N4O3/c1-12(20)17(24)22-15-9-7-14-8-10-16(23(14)19(15)26)18(25)21-11-13-5-3-2-4-6-13/h2-6,12,14-16H,7-11,20H2,1H3,(H,21,25)(H,22,24)/t12-,14-,15-,16-/m0/s1. The number of piperidine rings is 1. The first-order valence-electron chi connectivity index (χ1n) is 9.17. The molecule has 2 fully saturated rings. The molecule has 1 aromatic carbocycles. The van der Waals surface area contributed by atoms with Crippen LogP contribution in [0.15, 0.2) is 30.3 Å². The fraction of sp³-hybridized carbons (Fsp3) is 0.526. The van der Waals surface area contributed by atoms with Crippen molar-refractivity contribution in [2.24, 2.45) is 5.73 Å². The maximum Gasteiger partial charge on any atom is 0.246 e. The molecule has 0 spiro atoms. The first-order valence-corrected chi connectivity index (χ1v) is 9.17. The molecule has 0 unspecified atom stereocenters. The van der Waals surface area contributed by atoms with Gasteiger partial charge in [-0.1, -0.05) is 30.3 Å². The maximum absolute atomic E-state index is 12.8. The van der Waals surface area contributed by atoms with Crippen LogP contribution < -0.4 is 16.4 Å². The number of nitrogens with one attached hydrogen (secondary N) is 2. The molecule has 26 heavy (non-hydrogen) atoms. The predicted octanol–water partition coefficient (Wildman–Crippen LogP) is 0.288. The summed E-state index contributed by atoms with van der Waals surface area (Å²) in [6.45, 7) is 2.02. The molecule has 140 valence electrons. The monoisotopic (exact) mass is 358 g/mol. The summed E-state index contributed by atoms with van der Waals surface area (Å²) < 4.78 is 0. The molecule has 4 N–H and O–H groups in total. The number of carbonyl (C=O) groups is 3. The number of fused-ring (bicyclic) bond motifs is 1. The molecule has 0 bridgehead atoms. The van der Waals surface area contributed by atoms with Crippen molar-refractivity contribution in [3.8, 4) is 0 Å². The summed E-state index contributed by atoms with van der Waals surface area (Å²) in [6.07, 6.45) is 2.86. The second-order valence-electron chi connectivity index (χ2n) is 7.12. The van der Waals surface area contributed by atoms with E-state index in [2.05, 4.69) is 10.6 Å². The average Bonchev–Trinajstić information content (AvgIpc) is 3.07. The molecule has 3 amide bonds. The Bertz CT molecular complexity index is 677. The highest BCUT2D eigenvalue weighted by atomic mass is 16.2. The first-order chi connectivity index (χ1) is 12.5. The van der Waals surface area contributed by atoms with Crippen LogP contribution in [0, 0.1) is 0 Å². The zero-order valence-corrected chi connectivity index (χ0v) is 15.0. The molecule has 3 rings (SSSR count). The number of benzene rings is 1. The summed E-state index contributed by atoms with van der Waals surface area (Å²) in [7, 11) is 0. The average molecular weight is 358 g/mol. The SMILES string of the molecule is C[C@H](N)C(=O)N[C@H]1CC[C@H]2CC[C@@H](C(=O)NCc3ccccc3)N2C1=O. The van der Waals surface area contributed by atoms with Crippen LogP contribution in [0.4, 0.5) is 0 Å². The van der Waals surface area contributed by atoms with E-state index in [4.69, 9.17) is 5.73 Å². The van der Waals surface area contributed by atoms with Crippen LogP contribution >= 0.6 is 0 Å². The summed E-state index contributed by atoms with van der Waals surface area (Å²) in [4.78, 5) is 39.0. The van der Waals surface area contributed by atoms with Gasteiger partial charge in [0.25, 0.3) is 0 Å². The van der Waals surface area contributed by atoms with Gasteiger partial charge in [-0.25, -0.2) is 0 Å². The quantitative estimate of drug-likeness (QED) is 0.703. The Morgan fingerprint density at radius 3 is 2.58 bits per heavy atom. The highest BCUT2D eigenvalue weighted by Gasteiger charge is 2.46. The van der Waals surface area contributed by atoms with Gasteiger partial charge in [0.1, 0.15) is 12.1 Å². The Balaban J connectivity index is 1.63. The van der Waals surface area contributed by atoms with E-state index >= 15 is 0 Å². The van der Waals surface area contributed by atoms with E-state index in [9.17, 15) is 14.4 Å². The van der Waals surface area contributed by atoms with E-state index in [1.165, 1.54) is 0 Å². The molecule has 2 aliphatic rings. The van der Waals surface area contributed by atoms with Crippen LogP contribution in [0.3, 0.4) is 0 Å². The van der Waals surface area contributed by atoms with Crippen molar-refractivity contribution >= 4 is 17.7 Å². The summed E-state index contributed by atoms with van der Waals surface area (Å²) in [5, 5.41) is 5.64. The third-order valence-corrected chi connectivity index (χ3v) is 5.19. The topological polar surface area (TPSA) is 105 Å². The zero-order valence-electron chi connectivity index (χ0n) is 15.0. The van der Waals surface area contributed by atoms with Gasteiger partial charge in [-0.15, -0.1) is 0 Å². The van der Waals surface area contributed by atoms with Crippen molar-refractivity contribution in [2.45, 2.75) is 63.3 Å². The van der Waals surface area contributed by atoms with Gasteiger partial charge >= 0.3 is 0 Å². The van der Waals surface area contributed by atoms with E-state index in [1.807, 2.05) is 30.3 Å². The molecule has 0 aromatic heterocycles. The van der Waals surface area contributed by atoms with Crippen LogP contribution in [0.25, 0.3) is 0 Å². The molecule has 2 heterocycles. The van der Waals surface area contributed by atoms with Crippen LogP contribution in [0.2, 0.25) is 0 Å². The fourth-order valence-corrected chi connectivity index (χ4v) is 3.76. The number of rotatable bonds is 5. The Labute approximate surface area is 153 Å². The Kier molecular flexibility index (Phi) is 5.56. The summed E-state index contributed by atoms with van der Waals surface area (Å²) in [5.41, 5.74) is 6.59. The molecule has 0 saturated carbocycles. The number of hydrogen-bond donors (Lipinski definition) is 3. The summed E-state index contributed by atoms with van der Waals surface area (Å²) in [5.74, 6) is -0.650. The lowest BCUT2D eigenvalue weighted by atomic mass is 9.97. The number of nitrogens with two attached hydrogens (primary N) is 1. The van der Waals surface area contributed by atoms with E-state index in [1.54, 1.807) is 11.8 Å². The first kappa shape index (κ1) is 18.4. The minimum atomic E-state index is -0.663. The molecule has 4 atom stereocenters. The molecule has 1 aromatic rings. The van der Waals surface area contributed by atoms with Crippen molar-refractivity contribution < 1.29 is 14.4 Å². The number of nitrogens with zero attached hydrogens (tertiary/aromatic N) is 1. The molecular weight excluding hydrogens is 332 g/mol. The number of hydrogen-bond acceptors (Lipinski definition) is 4. The van der Waals surface area contributed by atoms with Crippen molar-refractivity contribution in [1.82, 2.24) is 15.5 Å². The Morgan fingerprint density at radius 2 is 1.88 bits per heavy atom. The van der Waals surface area contributed by atoms with Crippen molar-refractivity contribution in [3.05, 3.63) is 35.9 Å². The molecule has 0 radical (unpaired) electrons. The van der Waals surface area contributed by atoms with Crippen molar-refractivity contribution in [1.29, 1.82) is 0 Å². The molecule has 2 aliphatic heterocycles. The minimum Gasteiger partial charge on any atom is -0.350 e. The lowest BCUT2D eigenvalue weighted by Gasteiger charge is -2.38. The lowest BCUT2D eigenvalue weighted by molar-refractivity contribution is -0.146. The van der Waals surface area contributed by atoms with E-state index in [-0.39, 0.29) is 23.8 Å². The summed E-state index contributed by atoms with van der Waals surface area (Å²) >= 11 is 0. The van der Waals surface area contributed by atoms with Crippen molar-refractivity contribution in [3.63, 3.8) is 0 Å². The van der Waals surface area contributed by atoms with Gasteiger partial charge in [0.05, 0.1) is 6.04 Å². The second-order valence-corrected chi connectivity index (χ2v) is 7.12. The second kappa shape index (κ2) is 7.86. The normalized spacial score (nSPS) is 26.2. The van der Waals surface area contributed by atoms with E-state index in [0.29, 0.717) is 19.4 Å². The van der Waals surface area contributed by atoms with Gasteiger partial charge in [-0.2, -0.15) is 0 Å². The van der Waals surface area contributed by atoms with E-state index < -0.39 is 18.1 Å². The minimum absolute atomic E-state index is 0.0819. The van der Waals surface area contributed by atoms with Crippen LogP contribution in [-0.2, 0) is 20.9 Å². The molecule has 2 saturated heterocycles. The third kappa shape index (κ3) is 3.88. The number of amides is 3. The molecule has 0 aliphatic carbocycles. The molecule has 7 nitrogen and oxygen atoms in total. The van der Waals surface area contributed by atoms with Crippen LogP contribution in [-0.4, -0.2) is 46.8 Å². The third-order valence-electron chi connectivity index (χ3n) is 5.19. The Hall–Kier alpha value is -2.41.